The van der Waals surface area contributed by atoms with E-state index < -0.39 is 0 Å². The third-order valence-electron chi connectivity index (χ3n) is 4.27. The summed E-state index contributed by atoms with van der Waals surface area (Å²) in [7, 11) is 0. The maximum absolute atomic E-state index is 12.3. The highest BCUT2D eigenvalue weighted by molar-refractivity contribution is 6.21. The number of rotatable bonds is 2. The van der Waals surface area contributed by atoms with E-state index in [9.17, 15) is 9.59 Å². The number of hydrogen-bond donors (Lipinski definition) is 1. The summed E-state index contributed by atoms with van der Waals surface area (Å²) in [6, 6.07) is 7.01. The van der Waals surface area contributed by atoms with E-state index in [0.717, 1.165) is 25.7 Å². The molecule has 0 unspecified atom stereocenters. The van der Waals surface area contributed by atoms with E-state index in [-0.39, 0.29) is 24.5 Å². The molecule has 2 amide bonds. The van der Waals surface area contributed by atoms with Gasteiger partial charge in [-0.05, 0) is 43.7 Å². The molecule has 1 heterocycles. The van der Waals surface area contributed by atoms with Crippen molar-refractivity contribution in [3.63, 3.8) is 0 Å². The van der Waals surface area contributed by atoms with Gasteiger partial charge >= 0.3 is 0 Å². The molecule has 1 saturated carbocycles. The van der Waals surface area contributed by atoms with Crippen molar-refractivity contribution in [2.24, 2.45) is 5.92 Å². The molecule has 1 N–H and O–H groups in total. The van der Waals surface area contributed by atoms with Crippen molar-refractivity contribution < 1.29 is 14.7 Å². The van der Waals surface area contributed by atoms with Crippen LogP contribution in [-0.2, 0) is 0 Å². The first-order valence-electron chi connectivity index (χ1n) is 6.80. The summed E-state index contributed by atoms with van der Waals surface area (Å²) in [4.78, 5) is 26.1. The van der Waals surface area contributed by atoms with Gasteiger partial charge in [-0.3, -0.25) is 14.5 Å². The second-order valence-corrected chi connectivity index (χ2v) is 5.38. The highest BCUT2D eigenvalue weighted by Crippen LogP contribution is 2.32. The van der Waals surface area contributed by atoms with Gasteiger partial charge < -0.3 is 5.11 Å². The minimum Gasteiger partial charge on any atom is -0.396 e. The van der Waals surface area contributed by atoms with Crippen LogP contribution < -0.4 is 0 Å². The normalized spacial score (nSPS) is 26.7. The molecular weight excluding hydrogens is 242 g/mol. The fourth-order valence-electron chi connectivity index (χ4n) is 3.13. The summed E-state index contributed by atoms with van der Waals surface area (Å²) in [5, 5.41) is 9.14. The van der Waals surface area contributed by atoms with Gasteiger partial charge in [0.15, 0.2) is 0 Å². The van der Waals surface area contributed by atoms with Crippen LogP contribution in [-0.4, -0.2) is 34.5 Å². The van der Waals surface area contributed by atoms with Gasteiger partial charge in [-0.15, -0.1) is 0 Å². The van der Waals surface area contributed by atoms with Crippen LogP contribution in [0.25, 0.3) is 0 Å². The minimum atomic E-state index is -0.159. The lowest BCUT2D eigenvalue weighted by molar-refractivity contribution is 0.0512. The third kappa shape index (κ3) is 1.96. The van der Waals surface area contributed by atoms with Crippen LogP contribution in [0.1, 0.15) is 46.4 Å². The molecule has 0 radical (unpaired) electrons. The van der Waals surface area contributed by atoms with E-state index in [2.05, 4.69) is 0 Å². The van der Waals surface area contributed by atoms with Crippen molar-refractivity contribution in [1.29, 1.82) is 0 Å². The summed E-state index contributed by atoms with van der Waals surface area (Å²) < 4.78 is 0. The van der Waals surface area contributed by atoms with Gasteiger partial charge in [0.2, 0.25) is 0 Å². The molecule has 4 heteroatoms. The van der Waals surface area contributed by atoms with E-state index in [1.807, 2.05) is 0 Å². The number of aliphatic hydroxyl groups excluding tert-OH is 1. The van der Waals surface area contributed by atoms with Crippen molar-refractivity contribution in [3.05, 3.63) is 35.4 Å². The molecule has 0 aromatic heterocycles. The number of nitrogens with zero attached hydrogens (tertiary/aromatic N) is 1. The summed E-state index contributed by atoms with van der Waals surface area (Å²) in [5.74, 6) is 0.00697. The van der Waals surface area contributed by atoms with Gasteiger partial charge in [-0.2, -0.15) is 0 Å². The lowest BCUT2D eigenvalue weighted by atomic mass is 9.86. The van der Waals surface area contributed by atoms with Crippen molar-refractivity contribution in [2.45, 2.75) is 31.7 Å². The van der Waals surface area contributed by atoms with Crippen LogP contribution in [0.2, 0.25) is 0 Å². The van der Waals surface area contributed by atoms with E-state index in [4.69, 9.17) is 5.11 Å². The van der Waals surface area contributed by atoms with Crippen LogP contribution in [0.4, 0.5) is 0 Å². The second kappa shape index (κ2) is 4.78. The molecule has 1 aromatic carbocycles. The minimum absolute atomic E-state index is 0.00444. The average molecular weight is 259 g/mol. The van der Waals surface area contributed by atoms with Crippen molar-refractivity contribution in [1.82, 2.24) is 4.90 Å². The monoisotopic (exact) mass is 259 g/mol. The first-order chi connectivity index (χ1) is 9.22. The third-order valence-corrected chi connectivity index (χ3v) is 4.27. The summed E-state index contributed by atoms with van der Waals surface area (Å²) in [5.41, 5.74) is 1.05. The first kappa shape index (κ1) is 12.4. The molecule has 4 nitrogen and oxygen atoms in total. The molecule has 3 rings (SSSR count). The molecule has 1 aliphatic carbocycles. The summed E-state index contributed by atoms with van der Waals surface area (Å²) in [6.45, 7) is 0.203. The number of carbonyl (C=O) groups is 2. The fourth-order valence-corrected chi connectivity index (χ4v) is 3.13. The molecule has 0 atom stereocenters. The zero-order chi connectivity index (χ0) is 13.4. The SMILES string of the molecule is O=C1c2ccccc2C(=O)N1C1CCC(CO)CC1. The summed E-state index contributed by atoms with van der Waals surface area (Å²) >= 11 is 0. The Balaban J connectivity index is 1.81. The van der Waals surface area contributed by atoms with Gasteiger partial charge in [0.25, 0.3) is 11.8 Å². The molecule has 1 aromatic rings. The standard InChI is InChI=1S/C15H17NO3/c17-9-10-5-7-11(8-6-10)16-14(18)12-3-1-2-4-13(12)15(16)19/h1-4,10-11,17H,5-9H2. The fraction of sp³-hybridized carbons (Fsp3) is 0.467. The Morgan fingerprint density at radius 2 is 1.53 bits per heavy atom. The van der Waals surface area contributed by atoms with Crippen LogP contribution in [0.3, 0.4) is 0 Å². The number of amides is 2. The lowest BCUT2D eigenvalue weighted by Gasteiger charge is -2.32. The Morgan fingerprint density at radius 3 is 2.00 bits per heavy atom. The Morgan fingerprint density at radius 1 is 1.00 bits per heavy atom. The number of hydrogen-bond acceptors (Lipinski definition) is 3. The molecule has 100 valence electrons. The zero-order valence-electron chi connectivity index (χ0n) is 10.7. The van der Waals surface area contributed by atoms with Crippen LogP contribution in [0.5, 0.6) is 0 Å². The Labute approximate surface area is 112 Å². The van der Waals surface area contributed by atoms with Crippen molar-refractivity contribution >= 4 is 11.8 Å². The molecule has 1 fully saturated rings. The smallest absolute Gasteiger partial charge is 0.261 e. The number of imide groups is 1. The Hall–Kier alpha value is -1.68. The molecule has 0 bridgehead atoms. The Bertz CT molecular complexity index is 483. The molecular formula is C15H17NO3. The van der Waals surface area contributed by atoms with Crippen LogP contribution in [0.15, 0.2) is 24.3 Å². The molecule has 2 aliphatic rings. The number of fused-ring (bicyclic) bond motifs is 1. The van der Waals surface area contributed by atoms with Gasteiger partial charge in [0.1, 0.15) is 0 Å². The molecule has 19 heavy (non-hydrogen) atoms. The van der Waals surface area contributed by atoms with E-state index in [1.54, 1.807) is 24.3 Å². The van der Waals surface area contributed by atoms with Gasteiger partial charge in [0.05, 0.1) is 11.1 Å². The highest BCUT2D eigenvalue weighted by Gasteiger charge is 2.40. The largest absolute Gasteiger partial charge is 0.396 e. The topological polar surface area (TPSA) is 57.6 Å². The maximum Gasteiger partial charge on any atom is 0.261 e. The van der Waals surface area contributed by atoms with Crippen LogP contribution in [0, 0.1) is 5.92 Å². The van der Waals surface area contributed by atoms with Crippen LogP contribution >= 0.6 is 0 Å². The predicted octanol–water partition coefficient (Wildman–Crippen LogP) is 1.83. The number of benzene rings is 1. The number of carbonyl (C=O) groups excluding carboxylic acids is 2. The van der Waals surface area contributed by atoms with Crippen molar-refractivity contribution in [3.8, 4) is 0 Å². The molecule has 0 saturated heterocycles. The molecule has 0 spiro atoms. The van der Waals surface area contributed by atoms with Crippen molar-refractivity contribution in [2.75, 3.05) is 6.61 Å². The summed E-state index contributed by atoms with van der Waals surface area (Å²) in [6.07, 6.45) is 3.37. The van der Waals surface area contributed by atoms with E-state index in [0.29, 0.717) is 17.0 Å². The predicted molar refractivity (Wildman–Crippen MR) is 69.8 cm³/mol. The van der Waals surface area contributed by atoms with E-state index >= 15 is 0 Å². The van der Waals surface area contributed by atoms with E-state index in [1.165, 1.54) is 4.90 Å². The van der Waals surface area contributed by atoms with Gasteiger partial charge in [-0.25, -0.2) is 0 Å². The number of aliphatic hydroxyl groups is 1. The first-order valence-corrected chi connectivity index (χ1v) is 6.80. The second-order valence-electron chi connectivity index (χ2n) is 5.38. The quantitative estimate of drug-likeness (QED) is 0.824. The lowest BCUT2D eigenvalue weighted by Crippen LogP contribution is -2.42. The zero-order valence-corrected chi connectivity index (χ0v) is 10.7. The van der Waals surface area contributed by atoms with Gasteiger partial charge in [-0.1, -0.05) is 12.1 Å². The maximum atomic E-state index is 12.3. The average Bonchev–Trinajstić information content (AvgIpc) is 2.72. The highest BCUT2D eigenvalue weighted by atomic mass is 16.3. The Kier molecular flexibility index (Phi) is 3.11. The molecule has 1 aliphatic heterocycles. The van der Waals surface area contributed by atoms with Gasteiger partial charge in [0, 0.05) is 12.6 Å².